The lowest BCUT2D eigenvalue weighted by Crippen LogP contribution is -2.52. The van der Waals surface area contributed by atoms with Gasteiger partial charge in [-0.25, -0.2) is 4.79 Å². The van der Waals surface area contributed by atoms with Crippen LogP contribution in [0.4, 0.5) is 22.0 Å². The summed E-state index contributed by atoms with van der Waals surface area (Å²) in [6.07, 6.45) is 3.45. The summed E-state index contributed by atoms with van der Waals surface area (Å²) in [4.78, 5) is 34.0. The highest BCUT2D eigenvalue weighted by atomic mass is 16.2. The van der Waals surface area contributed by atoms with Gasteiger partial charge in [-0.1, -0.05) is 36.4 Å². The zero-order valence-corrected chi connectivity index (χ0v) is 19.6. The number of nitrogens with zero attached hydrogens (tertiary/aromatic N) is 4. The Hall–Kier alpha value is -4.33. The minimum Gasteiger partial charge on any atom is -0.365 e. The minimum absolute atomic E-state index is 0.0428. The molecule has 5 rings (SSSR count). The number of hydrogen-bond donors (Lipinski definition) is 2. The standard InChI is InChI=1S/C27H28N6O2/c1-2-29-27(35)32-15-13-31(14-16-32)23-19-28-18-22-24(34)17-25(30-20-9-5-3-6-10-20)33(26(22)23)21-11-7-4-8-12-21/h3-12,17-19,30H,2,13-16H2,1H3,(H,29,35). The second kappa shape index (κ2) is 9.89. The van der Waals surface area contributed by atoms with Gasteiger partial charge in [-0.15, -0.1) is 0 Å². The number of benzene rings is 2. The SMILES string of the molecule is CCNC(=O)N1CCN(c2cncc3c(=O)cc(Nc4ccccc4)n(-c4ccccc4)c23)CC1. The van der Waals surface area contributed by atoms with E-state index >= 15 is 0 Å². The van der Waals surface area contributed by atoms with E-state index in [9.17, 15) is 9.59 Å². The van der Waals surface area contributed by atoms with Gasteiger partial charge in [0.05, 0.1) is 22.8 Å². The average molecular weight is 469 g/mol. The van der Waals surface area contributed by atoms with Crippen molar-refractivity contribution in [2.75, 3.05) is 42.9 Å². The molecule has 0 spiro atoms. The van der Waals surface area contributed by atoms with Crippen molar-refractivity contribution in [1.82, 2.24) is 19.8 Å². The first-order valence-corrected chi connectivity index (χ1v) is 11.8. The van der Waals surface area contributed by atoms with E-state index in [0.29, 0.717) is 43.9 Å². The van der Waals surface area contributed by atoms with Crippen LogP contribution < -0.4 is 21.0 Å². The Bertz CT molecular complexity index is 1380. The highest BCUT2D eigenvalue weighted by Gasteiger charge is 2.24. The molecule has 1 aliphatic heterocycles. The highest BCUT2D eigenvalue weighted by molar-refractivity contribution is 5.93. The van der Waals surface area contributed by atoms with Crippen LogP contribution in [0.1, 0.15) is 6.92 Å². The maximum Gasteiger partial charge on any atom is 0.317 e. The molecule has 2 aromatic heterocycles. The first-order chi connectivity index (χ1) is 17.2. The third kappa shape index (κ3) is 4.55. The lowest BCUT2D eigenvalue weighted by molar-refractivity contribution is 0.195. The molecule has 178 valence electrons. The van der Waals surface area contributed by atoms with Gasteiger partial charge in [0.1, 0.15) is 5.82 Å². The number of pyridine rings is 2. The van der Waals surface area contributed by atoms with Gasteiger partial charge in [0.2, 0.25) is 0 Å². The number of anilines is 3. The second-order valence-corrected chi connectivity index (χ2v) is 8.42. The van der Waals surface area contributed by atoms with Gasteiger partial charge in [0, 0.05) is 56.4 Å². The molecule has 8 heteroatoms. The zero-order valence-electron chi connectivity index (χ0n) is 19.6. The summed E-state index contributed by atoms with van der Waals surface area (Å²) in [5.41, 5.74) is 3.40. The number of rotatable bonds is 5. The minimum atomic E-state index is -0.0964. The fourth-order valence-corrected chi connectivity index (χ4v) is 4.50. The van der Waals surface area contributed by atoms with E-state index in [-0.39, 0.29) is 11.5 Å². The molecular formula is C27H28N6O2. The van der Waals surface area contributed by atoms with Crippen LogP contribution in [0, 0.1) is 0 Å². The molecule has 2 aromatic carbocycles. The van der Waals surface area contributed by atoms with E-state index in [4.69, 9.17) is 0 Å². The number of carbonyl (C=O) groups is 1. The van der Waals surface area contributed by atoms with E-state index < -0.39 is 0 Å². The van der Waals surface area contributed by atoms with Crippen LogP contribution >= 0.6 is 0 Å². The number of para-hydroxylation sites is 2. The fourth-order valence-electron chi connectivity index (χ4n) is 4.50. The first-order valence-electron chi connectivity index (χ1n) is 11.8. The van der Waals surface area contributed by atoms with Crippen molar-refractivity contribution in [3.05, 3.63) is 89.3 Å². The molecule has 0 atom stereocenters. The van der Waals surface area contributed by atoms with Crippen molar-refractivity contribution >= 4 is 34.1 Å². The Morgan fingerprint density at radius 3 is 2.31 bits per heavy atom. The lowest BCUT2D eigenvalue weighted by Gasteiger charge is -2.36. The molecule has 35 heavy (non-hydrogen) atoms. The van der Waals surface area contributed by atoms with E-state index in [1.54, 1.807) is 12.3 Å². The summed E-state index contributed by atoms with van der Waals surface area (Å²) in [5, 5.41) is 6.86. The van der Waals surface area contributed by atoms with Gasteiger partial charge in [0.15, 0.2) is 5.43 Å². The van der Waals surface area contributed by atoms with Gasteiger partial charge in [0.25, 0.3) is 0 Å². The Morgan fingerprint density at radius 2 is 1.63 bits per heavy atom. The number of piperazine rings is 1. The van der Waals surface area contributed by atoms with Gasteiger partial charge in [-0.05, 0) is 31.2 Å². The predicted octanol–water partition coefficient (Wildman–Crippen LogP) is 3.98. The maximum atomic E-state index is 13.2. The maximum absolute atomic E-state index is 13.2. The number of carbonyl (C=O) groups excluding carboxylic acids is 1. The molecule has 4 aromatic rings. The van der Waals surface area contributed by atoms with E-state index in [1.165, 1.54) is 0 Å². The molecule has 0 radical (unpaired) electrons. The van der Waals surface area contributed by atoms with Crippen LogP contribution in [0.25, 0.3) is 16.6 Å². The van der Waals surface area contributed by atoms with Crippen molar-refractivity contribution in [1.29, 1.82) is 0 Å². The highest BCUT2D eigenvalue weighted by Crippen LogP contribution is 2.31. The van der Waals surface area contributed by atoms with Gasteiger partial charge in [-0.2, -0.15) is 0 Å². The van der Waals surface area contributed by atoms with E-state index in [2.05, 4.69) is 25.1 Å². The Kier molecular flexibility index (Phi) is 6.34. The van der Waals surface area contributed by atoms with Crippen molar-refractivity contribution in [3.63, 3.8) is 0 Å². The molecule has 1 aliphatic rings. The van der Waals surface area contributed by atoms with Crippen molar-refractivity contribution in [2.45, 2.75) is 6.92 Å². The molecule has 8 nitrogen and oxygen atoms in total. The van der Waals surface area contributed by atoms with Crippen LogP contribution in [0.3, 0.4) is 0 Å². The number of urea groups is 1. The first kappa shape index (κ1) is 22.5. The van der Waals surface area contributed by atoms with Crippen LogP contribution in [0.2, 0.25) is 0 Å². The largest absolute Gasteiger partial charge is 0.365 e. The van der Waals surface area contributed by atoms with Gasteiger partial charge in [-0.3, -0.25) is 14.3 Å². The summed E-state index contributed by atoms with van der Waals surface area (Å²) in [6, 6.07) is 21.4. The van der Waals surface area contributed by atoms with E-state index in [0.717, 1.165) is 22.6 Å². The van der Waals surface area contributed by atoms with Crippen LogP contribution in [-0.4, -0.2) is 53.2 Å². The zero-order chi connectivity index (χ0) is 24.2. The molecular weight excluding hydrogens is 440 g/mol. The van der Waals surface area contributed by atoms with Crippen LogP contribution in [-0.2, 0) is 0 Å². The Morgan fingerprint density at radius 1 is 0.943 bits per heavy atom. The molecule has 2 amide bonds. The fraction of sp³-hybridized carbons (Fsp3) is 0.222. The number of nitrogens with one attached hydrogen (secondary N) is 2. The summed E-state index contributed by atoms with van der Waals surface area (Å²) < 4.78 is 2.08. The number of amides is 2. The number of fused-ring (bicyclic) bond motifs is 1. The van der Waals surface area contributed by atoms with Gasteiger partial charge < -0.3 is 20.4 Å². The molecule has 3 heterocycles. The molecule has 1 fully saturated rings. The molecule has 0 saturated carbocycles. The van der Waals surface area contributed by atoms with Crippen molar-refractivity contribution < 1.29 is 4.79 Å². The van der Waals surface area contributed by atoms with Crippen molar-refractivity contribution in [3.8, 4) is 5.69 Å². The van der Waals surface area contributed by atoms with Crippen LogP contribution in [0.15, 0.2) is 83.9 Å². The van der Waals surface area contributed by atoms with Crippen molar-refractivity contribution in [2.24, 2.45) is 0 Å². The molecule has 2 N–H and O–H groups in total. The normalized spacial score (nSPS) is 13.6. The summed E-state index contributed by atoms with van der Waals surface area (Å²) >= 11 is 0. The van der Waals surface area contributed by atoms with E-state index in [1.807, 2.05) is 78.7 Å². The predicted molar refractivity (Wildman–Crippen MR) is 140 cm³/mol. The quantitative estimate of drug-likeness (QED) is 0.463. The Balaban J connectivity index is 1.63. The third-order valence-corrected chi connectivity index (χ3v) is 6.19. The number of hydrogen-bond acceptors (Lipinski definition) is 5. The summed E-state index contributed by atoms with van der Waals surface area (Å²) in [5.74, 6) is 0.674. The average Bonchev–Trinajstić information content (AvgIpc) is 2.90. The Labute approximate surface area is 203 Å². The smallest absolute Gasteiger partial charge is 0.317 e. The third-order valence-electron chi connectivity index (χ3n) is 6.19. The monoisotopic (exact) mass is 468 g/mol. The molecule has 0 aliphatic carbocycles. The second-order valence-electron chi connectivity index (χ2n) is 8.42. The summed E-state index contributed by atoms with van der Waals surface area (Å²) in [7, 11) is 0. The molecule has 0 bridgehead atoms. The van der Waals surface area contributed by atoms with Crippen LogP contribution in [0.5, 0.6) is 0 Å². The van der Waals surface area contributed by atoms with Gasteiger partial charge >= 0.3 is 6.03 Å². The summed E-state index contributed by atoms with van der Waals surface area (Å²) in [6.45, 7) is 5.01. The topological polar surface area (TPSA) is 82.5 Å². The molecule has 1 saturated heterocycles. The lowest BCUT2D eigenvalue weighted by atomic mass is 10.1. The number of aromatic nitrogens is 2. The molecule has 0 unspecified atom stereocenters.